The molecule has 0 saturated carbocycles. The second kappa shape index (κ2) is 42.8. The minimum atomic E-state index is -5.17. The van der Waals surface area contributed by atoms with Crippen molar-refractivity contribution in [3.63, 3.8) is 0 Å². The second-order valence-electron chi connectivity index (χ2n) is 18.7. The van der Waals surface area contributed by atoms with Gasteiger partial charge in [0.25, 0.3) is 0 Å². The van der Waals surface area contributed by atoms with Crippen molar-refractivity contribution in [3.8, 4) is 0 Å². The van der Waals surface area contributed by atoms with Crippen molar-refractivity contribution in [3.05, 3.63) is 60.7 Å². The van der Waals surface area contributed by atoms with E-state index >= 15 is 0 Å². The lowest BCUT2D eigenvalue weighted by atomic mass is 10.0. The minimum Gasteiger partial charge on any atom is -0.759 e. The van der Waals surface area contributed by atoms with Gasteiger partial charge in [-0.15, -0.1) is 0 Å². The van der Waals surface area contributed by atoms with Gasteiger partial charge in [-0.2, -0.15) is 0 Å². The summed E-state index contributed by atoms with van der Waals surface area (Å²) in [4.78, 5) is 0. The first-order valence-corrected chi connectivity index (χ1v) is 28.4. The minimum absolute atomic E-state index is 1.15. The van der Waals surface area contributed by atoms with E-state index in [1.165, 1.54) is 256 Å². The third kappa shape index (κ3) is 35.1. The van der Waals surface area contributed by atoms with Gasteiger partial charge < -0.3 is 9.11 Å². The summed E-state index contributed by atoms with van der Waals surface area (Å²) in [6.07, 6.45) is 46.3. The Morgan fingerprint density at radius 1 is 0.317 bits per heavy atom. The number of para-hydroxylation sites is 2. The molecule has 63 heavy (non-hydrogen) atoms. The van der Waals surface area contributed by atoms with Crippen LogP contribution in [0.15, 0.2) is 60.7 Å². The molecule has 0 radical (unpaired) electrons. The molecule has 0 aliphatic carbocycles. The first kappa shape index (κ1) is 61.2. The Bertz CT molecular complexity index is 1220. The van der Waals surface area contributed by atoms with E-state index in [4.69, 9.17) is 17.5 Å². The van der Waals surface area contributed by atoms with Gasteiger partial charge in [-0.25, -0.2) is 0 Å². The standard InChI is InChI=1S/2C28H52N.H2O4S/c2*1-4-7-8-9-10-11-12-13-14-15-16-17-18-19-20-24-27-29(5-2,6-3)28-25-22-21-23-26-28;1-5(2,3)4/h2*21-23,25-26H,4-20,24,27H2,1-3H3;(H2,1,2,3,4)/q2*+1;/p-2. The summed E-state index contributed by atoms with van der Waals surface area (Å²) in [5.41, 5.74) is 3.00. The largest absolute Gasteiger partial charge is 0.759 e. The summed E-state index contributed by atoms with van der Waals surface area (Å²) in [6.45, 7) is 21.4. The molecule has 0 aliphatic heterocycles. The maximum atomic E-state index is 8.52. The third-order valence-electron chi connectivity index (χ3n) is 13.9. The topological polar surface area (TPSA) is 80.3 Å². The molecular weight excluding hydrogens is 797 g/mol. The van der Waals surface area contributed by atoms with Crippen molar-refractivity contribution < 1.29 is 17.5 Å². The van der Waals surface area contributed by atoms with Gasteiger partial charge in [0.05, 0.1) is 39.3 Å². The van der Waals surface area contributed by atoms with Gasteiger partial charge in [-0.3, -0.25) is 17.4 Å². The number of quaternary nitrogens is 2. The van der Waals surface area contributed by atoms with Gasteiger partial charge in [0.1, 0.15) is 11.4 Å². The molecule has 2 aromatic rings. The number of unbranched alkanes of at least 4 members (excludes halogenated alkanes) is 30. The maximum absolute atomic E-state index is 8.52. The maximum Gasteiger partial charge on any atom is 0.132 e. The molecule has 0 N–H and O–H groups in total. The Kier molecular flexibility index (Phi) is 41.6. The highest BCUT2D eigenvalue weighted by molar-refractivity contribution is 7.79. The molecule has 0 bridgehead atoms. The lowest BCUT2D eigenvalue weighted by Crippen LogP contribution is -2.49. The van der Waals surface area contributed by atoms with Crippen LogP contribution in [0, 0.1) is 0 Å². The monoisotopic (exact) mass is 901 g/mol. The highest BCUT2D eigenvalue weighted by Gasteiger charge is 2.26. The van der Waals surface area contributed by atoms with Gasteiger partial charge in [-0.05, 0) is 77.6 Å². The molecular formula is C56H104N2O4S. The van der Waals surface area contributed by atoms with Gasteiger partial charge in [-0.1, -0.05) is 230 Å². The smallest absolute Gasteiger partial charge is 0.132 e. The van der Waals surface area contributed by atoms with Gasteiger partial charge in [0.15, 0.2) is 0 Å². The van der Waals surface area contributed by atoms with E-state index in [0.29, 0.717) is 0 Å². The van der Waals surface area contributed by atoms with E-state index in [9.17, 15) is 0 Å². The second-order valence-corrected chi connectivity index (χ2v) is 19.5. The Morgan fingerprint density at radius 2 is 0.492 bits per heavy atom. The molecule has 0 amide bonds. The molecule has 0 fully saturated rings. The van der Waals surface area contributed by atoms with E-state index in [1.807, 2.05) is 0 Å². The van der Waals surface area contributed by atoms with Crippen molar-refractivity contribution in [1.82, 2.24) is 8.97 Å². The van der Waals surface area contributed by atoms with Crippen LogP contribution >= 0.6 is 0 Å². The molecule has 0 aromatic heterocycles. The van der Waals surface area contributed by atoms with Crippen molar-refractivity contribution in [1.29, 1.82) is 0 Å². The number of benzene rings is 2. The van der Waals surface area contributed by atoms with Crippen LogP contribution < -0.4 is 8.97 Å². The molecule has 0 unspecified atom stereocenters. The molecule has 2 rings (SSSR count). The molecule has 0 heterocycles. The average molecular weight is 902 g/mol. The van der Waals surface area contributed by atoms with Crippen LogP contribution in [0.1, 0.15) is 247 Å². The normalized spacial score (nSPS) is 11.8. The van der Waals surface area contributed by atoms with Crippen LogP contribution in [0.5, 0.6) is 0 Å². The SMILES string of the molecule is CCCCCCCCCCCCCCCCCC[N+](CC)(CC)c1ccccc1.CCCCCCCCCCCCCCCCCC[N+](CC)(CC)c1ccccc1.O=S(=O)([O-])[O-]. The van der Waals surface area contributed by atoms with Gasteiger partial charge >= 0.3 is 0 Å². The van der Waals surface area contributed by atoms with Gasteiger partial charge in [0, 0.05) is 10.4 Å². The number of hydrogen-bond acceptors (Lipinski definition) is 4. The molecule has 2 aromatic carbocycles. The number of hydrogen-bond donors (Lipinski definition) is 0. The van der Waals surface area contributed by atoms with Crippen molar-refractivity contribution in [2.24, 2.45) is 0 Å². The van der Waals surface area contributed by atoms with Crippen molar-refractivity contribution in [2.45, 2.75) is 247 Å². The summed E-state index contributed by atoms with van der Waals surface area (Å²) >= 11 is 0. The van der Waals surface area contributed by atoms with Crippen molar-refractivity contribution >= 4 is 21.8 Å². The molecule has 0 aliphatic rings. The van der Waals surface area contributed by atoms with Crippen LogP contribution in [0.4, 0.5) is 11.4 Å². The fourth-order valence-corrected chi connectivity index (χ4v) is 9.48. The molecule has 0 spiro atoms. The van der Waals surface area contributed by atoms with Gasteiger partial charge in [0.2, 0.25) is 0 Å². The Morgan fingerprint density at radius 3 is 0.667 bits per heavy atom. The zero-order chi connectivity index (χ0) is 46.6. The lowest BCUT2D eigenvalue weighted by molar-refractivity contribution is 0.291. The Hall–Kier alpha value is -1.77. The predicted molar refractivity (Wildman–Crippen MR) is 278 cm³/mol. The zero-order valence-corrected chi connectivity index (χ0v) is 43.4. The number of rotatable bonds is 40. The quantitative estimate of drug-likeness (QED) is 0.0289. The van der Waals surface area contributed by atoms with Crippen molar-refractivity contribution in [2.75, 3.05) is 39.3 Å². The van der Waals surface area contributed by atoms with Crippen LogP contribution in [0.3, 0.4) is 0 Å². The van der Waals surface area contributed by atoms with Crippen LogP contribution in [0.2, 0.25) is 0 Å². The Labute approximate surface area is 393 Å². The summed E-state index contributed by atoms with van der Waals surface area (Å²) < 4.78 is 36.4. The highest BCUT2D eigenvalue weighted by atomic mass is 32.3. The fraction of sp³-hybridized carbons (Fsp3) is 0.786. The van der Waals surface area contributed by atoms with Crippen LogP contribution in [-0.4, -0.2) is 56.8 Å². The zero-order valence-electron chi connectivity index (χ0n) is 42.6. The summed E-state index contributed by atoms with van der Waals surface area (Å²) in [5.74, 6) is 0. The molecule has 368 valence electrons. The molecule has 6 nitrogen and oxygen atoms in total. The van der Waals surface area contributed by atoms with Crippen LogP contribution in [-0.2, 0) is 10.4 Å². The predicted octanol–water partition coefficient (Wildman–Crippen LogP) is 17.3. The summed E-state index contributed by atoms with van der Waals surface area (Å²) in [5, 5.41) is 0. The lowest BCUT2D eigenvalue weighted by Gasteiger charge is -2.36. The third-order valence-corrected chi connectivity index (χ3v) is 13.9. The number of nitrogens with zero attached hydrogens (tertiary/aromatic N) is 2. The highest BCUT2D eigenvalue weighted by Crippen LogP contribution is 2.25. The molecule has 0 saturated heterocycles. The van der Waals surface area contributed by atoms with E-state index in [-0.39, 0.29) is 0 Å². The van der Waals surface area contributed by atoms with E-state index in [2.05, 4.69) is 102 Å². The first-order chi connectivity index (χ1) is 30.6. The Balaban J connectivity index is 0.00000110. The van der Waals surface area contributed by atoms with E-state index in [0.717, 1.165) is 8.97 Å². The van der Waals surface area contributed by atoms with E-state index < -0.39 is 10.4 Å². The summed E-state index contributed by atoms with van der Waals surface area (Å²) in [7, 11) is -5.17. The summed E-state index contributed by atoms with van der Waals surface area (Å²) in [6, 6.07) is 22.3. The van der Waals surface area contributed by atoms with Crippen LogP contribution in [0.25, 0.3) is 0 Å². The fourth-order valence-electron chi connectivity index (χ4n) is 9.48. The molecule has 0 atom stereocenters. The molecule has 7 heteroatoms. The van der Waals surface area contributed by atoms with E-state index in [1.54, 1.807) is 0 Å². The first-order valence-electron chi connectivity index (χ1n) is 27.1. The average Bonchev–Trinajstić information content (AvgIpc) is 3.29.